The van der Waals surface area contributed by atoms with Crippen LogP contribution in [-0.2, 0) is 12.8 Å². The zero-order valence-electron chi connectivity index (χ0n) is 9.89. The molecule has 0 bridgehead atoms. The molecule has 3 heteroatoms. The van der Waals surface area contributed by atoms with Crippen molar-refractivity contribution >= 4 is 28.2 Å². The summed E-state index contributed by atoms with van der Waals surface area (Å²) in [5.74, 6) is 0. The number of nitrogen functional groups attached to an aromatic ring is 1. The lowest BCUT2D eigenvalue weighted by Gasteiger charge is -2.19. The normalized spacial score (nSPS) is 14.9. The van der Waals surface area contributed by atoms with Gasteiger partial charge in [-0.05, 0) is 55.9 Å². The quantitative estimate of drug-likeness (QED) is 0.771. The van der Waals surface area contributed by atoms with Crippen molar-refractivity contribution in [1.82, 2.24) is 4.98 Å². The van der Waals surface area contributed by atoms with E-state index in [0.29, 0.717) is 0 Å². The van der Waals surface area contributed by atoms with Gasteiger partial charge in [-0.15, -0.1) is 0 Å². The van der Waals surface area contributed by atoms with Gasteiger partial charge in [-0.1, -0.05) is 11.6 Å². The number of rotatable bonds is 0. The van der Waals surface area contributed by atoms with Crippen LogP contribution in [0.4, 0.5) is 5.69 Å². The van der Waals surface area contributed by atoms with E-state index >= 15 is 0 Å². The summed E-state index contributed by atoms with van der Waals surface area (Å²) < 4.78 is 0. The third-order valence-corrected chi connectivity index (χ3v) is 3.78. The molecule has 2 aromatic rings. The van der Waals surface area contributed by atoms with E-state index in [1.165, 1.54) is 24.1 Å². The number of aryl methyl sites for hydroxylation is 2. The molecular formula is C14H15ClN2. The Morgan fingerprint density at radius 1 is 1.24 bits per heavy atom. The standard InChI is InChI=1S/C14H15ClN2/c1-8-6-9(15)7-11-13(16)10-4-2-3-5-12(10)17-14(8)11/h6-7H,2-5H2,1H3,(H2,16,17). The zero-order valence-corrected chi connectivity index (χ0v) is 10.6. The van der Waals surface area contributed by atoms with Gasteiger partial charge in [0.05, 0.1) is 5.52 Å². The smallest absolute Gasteiger partial charge is 0.0756 e. The predicted molar refractivity (Wildman–Crippen MR) is 72.5 cm³/mol. The Bertz CT molecular complexity index is 605. The second-order valence-corrected chi connectivity index (χ2v) is 5.21. The molecule has 2 N–H and O–H groups in total. The van der Waals surface area contributed by atoms with E-state index in [2.05, 4.69) is 0 Å². The minimum atomic E-state index is 0.735. The highest BCUT2D eigenvalue weighted by Crippen LogP contribution is 2.33. The summed E-state index contributed by atoms with van der Waals surface area (Å²) in [6.07, 6.45) is 4.54. The first kappa shape index (κ1) is 10.8. The fraction of sp³-hybridized carbons (Fsp3) is 0.357. The van der Waals surface area contributed by atoms with Gasteiger partial charge < -0.3 is 5.73 Å². The van der Waals surface area contributed by atoms with Crippen molar-refractivity contribution in [3.63, 3.8) is 0 Å². The zero-order chi connectivity index (χ0) is 12.0. The molecular weight excluding hydrogens is 232 g/mol. The van der Waals surface area contributed by atoms with Crippen molar-refractivity contribution in [3.8, 4) is 0 Å². The number of fused-ring (bicyclic) bond motifs is 2. The van der Waals surface area contributed by atoms with Crippen LogP contribution in [0.1, 0.15) is 29.7 Å². The third-order valence-electron chi connectivity index (χ3n) is 3.57. The molecule has 0 radical (unpaired) electrons. The minimum Gasteiger partial charge on any atom is -0.398 e. The maximum atomic E-state index is 6.28. The molecule has 0 aliphatic heterocycles. The molecule has 0 saturated heterocycles. The van der Waals surface area contributed by atoms with E-state index in [1.54, 1.807) is 0 Å². The van der Waals surface area contributed by atoms with Gasteiger partial charge in [0.15, 0.2) is 0 Å². The highest BCUT2D eigenvalue weighted by Gasteiger charge is 2.17. The molecule has 3 rings (SSSR count). The largest absolute Gasteiger partial charge is 0.398 e. The molecule has 1 aliphatic rings. The average Bonchev–Trinajstić information content (AvgIpc) is 2.31. The summed E-state index contributed by atoms with van der Waals surface area (Å²) in [4.78, 5) is 4.78. The van der Waals surface area contributed by atoms with E-state index in [4.69, 9.17) is 22.3 Å². The number of hydrogen-bond acceptors (Lipinski definition) is 2. The van der Waals surface area contributed by atoms with Crippen LogP contribution in [0.3, 0.4) is 0 Å². The van der Waals surface area contributed by atoms with Crippen molar-refractivity contribution in [2.24, 2.45) is 0 Å². The van der Waals surface area contributed by atoms with Crippen LogP contribution in [0.25, 0.3) is 10.9 Å². The van der Waals surface area contributed by atoms with Gasteiger partial charge >= 0.3 is 0 Å². The number of anilines is 1. The first-order valence-corrected chi connectivity index (χ1v) is 6.41. The van der Waals surface area contributed by atoms with Crippen LogP contribution in [0.15, 0.2) is 12.1 Å². The summed E-state index contributed by atoms with van der Waals surface area (Å²) in [5.41, 5.74) is 11.7. The Morgan fingerprint density at radius 3 is 2.82 bits per heavy atom. The fourth-order valence-electron chi connectivity index (χ4n) is 2.69. The topological polar surface area (TPSA) is 38.9 Å². The van der Waals surface area contributed by atoms with Gasteiger partial charge in [0.1, 0.15) is 0 Å². The molecule has 0 saturated carbocycles. The van der Waals surface area contributed by atoms with Crippen molar-refractivity contribution in [1.29, 1.82) is 0 Å². The molecule has 1 heterocycles. The molecule has 0 fully saturated rings. The van der Waals surface area contributed by atoms with Gasteiger partial charge in [-0.25, -0.2) is 0 Å². The molecule has 17 heavy (non-hydrogen) atoms. The Morgan fingerprint density at radius 2 is 2.00 bits per heavy atom. The Kier molecular flexibility index (Phi) is 2.48. The second kappa shape index (κ2) is 3.88. The number of pyridine rings is 1. The molecule has 0 unspecified atom stereocenters. The minimum absolute atomic E-state index is 0.735. The number of nitrogens with two attached hydrogens (primary N) is 1. The van der Waals surface area contributed by atoms with Crippen molar-refractivity contribution < 1.29 is 0 Å². The highest BCUT2D eigenvalue weighted by atomic mass is 35.5. The Hall–Kier alpha value is -1.28. The first-order chi connectivity index (χ1) is 8.16. The lowest BCUT2D eigenvalue weighted by Crippen LogP contribution is -2.09. The van der Waals surface area contributed by atoms with E-state index in [9.17, 15) is 0 Å². The monoisotopic (exact) mass is 246 g/mol. The van der Waals surface area contributed by atoms with Gasteiger partial charge in [0, 0.05) is 21.8 Å². The van der Waals surface area contributed by atoms with Crippen LogP contribution >= 0.6 is 11.6 Å². The molecule has 2 nitrogen and oxygen atoms in total. The van der Waals surface area contributed by atoms with Crippen LogP contribution in [0, 0.1) is 6.92 Å². The summed E-state index contributed by atoms with van der Waals surface area (Å²) in [5, 5.41) is 1.75. The molecule has 0 amide bonds. The van der Waals surface area contributed by atoms with Crippen molar-refractivity contribution in [3.05, 3.63) is 34.0 Å². The van der Waals surface area contributed by atoms with Crippen LogP contribution in [-0.4, -0.2) is 4.98 Å². The lowest BCUT2D eigenvalue weighted by atomic mass is 9.92. The van der Waals surface area contributed by atoms with Crippen LogP contribution in [0.2, 0.25) is 5.02 Å². The molecule has 1 aromatic heterocycles. The van der Waals surface area contributed by atoms with Crippen LogP contribution < -0.4 is 5.73 Å². The van der Waals surface area contributed by atoms with Crippen molar-refractivity contribution in [2.75, 3.05) is 5.73 Å². The van der Waals surface area contributed by atoms with Crippen LogP contribution in [0.5, 0.6) is 0 Å². The SMILES string of the molecule is Cc1cc(Cl)cc2c(N)c3c(nc12)CCCC3. The lowest BCUT2D eigenvalue weighted by molar-refractivity contribution is 0.673. The van der Waals surface area contributed by atoms with Gasteiger partial charge in [0.2, 0.25) is 0 Å². The summed E-state index contributed by atoms with van der Waals surface area (Å²) in [6.45, 7) is 2.04. The number of aromatic nitrogens is 1. The molecule has 1 aromatic carbocycles. The van der Waals surface area contributed by atoms with E-state index in [1.807, 2.05) is 19.1 Å². The number of nitrogens with zero attached hydrogens (tertiary/aromatic N) is 1. The third kappa shape index (κ3) is 1.67. The Balaban J connectivity index is 2.40. The van der Waals surface area contributed by atoms with E-state index in [0.717, 1.165) is 40.0 Å². The summed E-state index contributed by atoms with van der Waals surface area (Å²) >= 11 is 6.10. The number of halogens is 1. The first-order valence-electron chi connectivity index (χ1n) is 6.04. The van der Waals surface area contributed by atoms with E-state index < -0.39 is 0 Å². The second-order valence-electron chi connectivity index (χ2n) is 4.78. The molecule has 88 valence electrons. The maximum absolute atomic E-state index is 6.28. The number of benzene rings is 1. The number of hydrogen-bond donors (Lipinski definition) is 1. The molecule has 0 spiro atoms. The Labute approximate surface area is 106 Å². The van der Waals surface area contributed by atoms with Gasteiger partial charge in [0.25, 0.3) is 0 Å². The van der Waals surface area contributed by atoms with Gasteiger partial charge in [-0.3, -0.25) is 4.98 Å². The van der Waals surface area contributed by atoms with Crippen molar-refractivity contribution in [2.45, 2.75) is 32.6 Å². The summed E-state index contributed by atoms with van der Waals surface area (Å²) in [6, 6.07) is 3.88. The van der Waals surface area contributed by atoms with Gasteiger partial charge in [-0.2, -0.15) is 0 Å². The predicted octanol–water partition coefficient (Wildman–Crippen LogP) is 3.66. The van der Waals surface area contributed by atoms with E-state index in [-0.39, 0.29) is 0 Å². The average molecular weight is 247 g/mol. The maximum Gasteiger partial charge on any atom is 0.0756 e. The fourth-order valence-corrected chi connectivity index (χ4v) is 2.96. The highest BCUT2D eigenvalue weighted by molar-refractivity contribution is 6.31. The summed E-state index contributed by atoms with van der Waals surface area (Å²) in [7, 11) is 0. The molecule has 0 atom stereocenters. The molecule has 1 aliphatic carbocycles.